The SMILES string of the molecule is Cc1ccc2c(c1)C(=O)O[C@@H]1[C@H]2C(Cl)(Cl)C1(Cl)Cl. The number of ether oxygens (including phenoxy) is 1. The maximum absolute atomic E-state index is 11.9. The molecule has 1 saturated carbocycles. The van der Waals surface area contributed by atoms with E-state index < -0.39 is 26.7 Å². The third-order valence-corrected chi connectivity index (χ3v) is 5.97. The first kappa shape index (κ1) is 12.9. The summed E-state index contributed by atoms with van der Waals surface area (Å²) in [6.07, 6.45) is -0.710. The number of esters is 1. The number of halogens is 4. The summed E-state index contributed by atoms with van der Waals surface area (Å²) >= 11 is 24.5. The Morgan fingerprint density at radius 1 is 1.17 bits per heavy atom. The summed E-state index contributed by atoms with van der Waals surface area (Å²) in [6.45, 7) is 1.89. The van der Waals surface area contributed by atoms with Crippen LogP contribution in [-0.4, -0.2) is 20.7 Å². The van der Waals surface area contributed by atoms with Gasteiger partial charge in [0.2, 0.25) is 0 Å². The van der Waals surface area contributed by atoms with Crippen LogP contribution in [0.15, 0.2) is 18.2 Å². The first-order valence-corrected chi connectivity index (χ1v) is 6.85. The Morgan fingerprint density at radius 3 is 2.50 bits per heavy atom. The van der Waals surface area contributed by atoms with Gasteiger partial charge in [0.15, 0.2) is 8.67 Å². The number of fused-ring (bicyclic) bond motifs is 3. The summed E-state index contributed by atoms with van der Waals surface area (Å²) in [5.41, 5.74) is 2.18. The molecular weight excluding hydrogens is 318 g/mol. The Morgan fingerprint density at radius 2 is 1.83 bits per heavy atom. The van der Waals surface area contributed by atoms with Gasteiger partial charge in [-0.2, -0.15) is 0 Å². The van der Waals surface area contributed by atoms with Gasteiger partial charge in [-0.25, -0.2) is 4.79 Å². The highest BCUT2D eigenvalue weighted by molar-refractivity contribution is 6.65. The van der Waals surface area contributed by atoms with E-state index in [1.165, 1.54) is 0 Å². The predicted molar refractivity (Wildman–Crippen MR) is 72.0 cm³/mol. The quantitative estimate of drug-likeness (QED) is 0.532. The molecule has 18 heavy (non-hydrogen) atoms. The van der Waals surface area contributed by atoms with E-state index >= 15 is 0 Å². The maximum atomic E-state index is 11.9. The van der Waals surface area contributed by atoms with Crippen LogP contribution in [0.25, 0.3) is 0 Å². The molecule has 0 bridgehead atoms. The van der Waals surface area contributed by atoms with Crippen LogP contribution >= 0.6 is 46.4 Å². The Balaban J connectivity index is 2.16. The van der Waals surface area contributed by atoms with Gasteiger partial charge in [-0.3, -0.25) is 0 Å². The zero-order valence-corrected chi connectivity index (χ0v) is 12.2. The first-order valence-electron chi connectivity index (χ1n) is 5.34. The van der Waals surface area contributed by atoms with E-state index in [1.54, 1.807) is 6.07 Å². The number of aryl methyl sites for hydroxylation is 1. The number of benzene rings is 1. The molecule has 0 amide bonds. The summed E-state index contributed by atoms with van der Waals surface area (Å²) in [7, 11) is 0. The molecule has 0 spiro atoms. The van der Waals surface area contributed by atoms with Gasteiger partial charge < -0.3 is 4.74 Å². The van der Waals surface area contributed by atoms with Crippen molar-refractivity contribution in [1.29, 1.82) is 0 Å². The molecule has 0 N–H and O–H groups in total. The third kappa shape index (κ3) is 1.41. The van der Waals surface area contributed by atoms with E-state index in [4.69, 9.17) is 51.1 Å². The third-order valence-electron chi connectivity index (χ3n) is 3.49. The van der Waals surface area contributed by atoms with Crippen molar-refractivity contribution in [3.63, 3.8) is 0 Å². The molecule has 0 unspecified atom stereocenters. The summed E-state index contributed by atoms with van der Waals surface area (Å²) in [5, 5.41) is 0. The lowest BCUT2D eigenvalue weighted by Gasteiger charge is -2.57. The molecule has 2 nitrogen and oxygen atoms in total. The molecule has 6 heteroatoms. The van der Waals surface area contributed by atoms with Crippen molar-refractivity contribution in [2.45, 2.75) is 27.6 Å². The number of carbonyl (C=O) groups is 1. The van der Waals surface area contributed by atoms with Crippen LogP contribution in [0.4, 0.5) is 0 Å². The summed E-state index contributed by atoms with van der Waals surface area (Å²) in [5.74, 6) is -0.839. The van der Waals surface area contributed by atoms with Gasteiger partial charge >= 0.3 is 5.97 Å². The average Bonchev–Trinajstić information content (AvgIpc) is 2.29. The first-order chi connectivity index (χ1) is 8.26. The smallest absolute Gasteiger partial charge is 0.338 e. The second kappa shape index (κ2) is 3.69. The van der Waals surface area contributed by atoms with Crippen LogP contribution in [0.1, 0.15) is 27.4 Å². The van der Waals surface area contributed by atoms with E-state index in [1.807, 2.05) is 19.1 Å². The molecule has 1 aromatic carbocycles. The largest absolute Gasteiger partial charge is 0.455 e. The number of alkyl halides is 4. The second-order valence-electron chi connectivity index (χ2n) is 4.64. The number of hydrogen-bond acceptors (Lipinski definition) is 2. The molecule has 96 valence electrons. The van der Waals surface area contributed by atoms with Crippen molar-refractivity contribution in [3.8, 4) is 0 Å². The molecule has 1 aliphatic carbocycles. The van der Waals surface area contributed by atoms with Gasteiger partial charge in [-0.05, 0) is 18.6 Å². The maximum Gasteiger partial charge on any atom is 0.338 e. The highest BCUT2D eigenvalue weighted by Gasteiger charge is 2.74. The molecule has 1 aromatic rings. The topological polar surface area (TPSA) is 26.3 Å². The standard InChI is InChI=1S/C12H8Cl4O2/c1-5-2-3-6-7(4-5)10(17)18-9-8(6)11(13,14)12(9,15)16/h2-4,8-9H,1H3/t8-,9+/m0/s1. The van der Waals surface area contributed by atoms with Gasteiger partial charge in [0, 0.05) is 0 Å². The summed E-state index contributed by atoms with van der Waals surface area (Å²) < 4.78 is 2.39. The lowest BCUT2D eigenvalue weighted by atomic mass is 9.71. The van der Waals surface area contributed by atoms with Crippen LogP contribution in [0, 0.1) is 6.92 Å². The number of carbonyl (C=O) groups excluding carboxylic acids is 1. The van der Waals surface area contributed by atoms with Crippen molar-refractivity contribution in [3.05, 3.63) is 34.9 Å². The van der Waals surface area contributed by atoms with Gasteiger partial charge in [0.25, 0.3) is 0 Å². The Hall–Kier alpha value is -0.150. The van der Waals surface area contributed by atoms with E-state index in [0.29, 0.717) is 5.56 Å². The fourth-order valence-corrected chi connectivity index (χ4v) is 3.75. The van der Waals surface area contributed by atoms with Crippen LogP contribution < -0.4 is 0 Å². The molecule has 2 aliphatic rings. The molecular formula is C12H8Cl4O2. The molecule has 0 radical (unpaired) electrons. The zero-order chi connectivity index (χ0) is 13.3. The number of hydrogen-bond donors (Lipinski definition) is 0. The van der Waals surface area contributed by atoms with Crippen molar-refractivity contribution in [2.75, 3.05) is 0 Å². The monoisotopic (exact) mass is 324 g/mol. The Kier molecular flexibility index (Phi) is 2.64. The predicted octanol–water partition coefficient (Wildman–Crippen LogP) is 3.98. The molecule has 1 heterocycles. The Bertz CT molecular complexity index is 553. The fourth-order valence-electron chi connectivity index (χ4n) is 2.50. The average molecular weight is 326 g/mol. The minimum atomic E-state index is -1.49. The second-order valence-corrected chi connectivity index (χ2v) is 7.41. The van der Waals surface area contributed by atoms with Crippen LogP contribution in [-0.2, 0) is 4.74 Å². The van der Waals surface area contributed by atoms with Crippen LogP contribution in [0.2, 0.25) is 0 Å². The van der Waals surface area contributed by atoms with Crippen molar-refractivity contribution in [1.82, 2.24) is 0 Å². The number of rotatable bonds is 0. The minimum absolute atomic E-state index is 0.399. The van der Waals surface area contributed by atoms with Gasteiger partial charge in [-0.1, -0.05) is 64.1 Å². The van der Waals surface area contributed by atoms with Crippen molar-refractivity contribution in [2.24, 2.45) is 0 Å². The van der Waals surface area contributed by atoms with Gasteiger partial charge in [0.1, 0.15) is 6.10 Å². The molecule has 0 aromatic heterocycles. The van der Waals surface area contributed by atoms with Gasteiger partial charge in [-0.15, -0.1) is 0 Å². The Labute approximate surface area is 124 Å². The van der Waals surface area contributed by atoms with E-state index in [-0.39, 0.29) is 0 Å². The lowest BCUT2D eigenvalue weighted by molar-refractivity contribution is -0.0197. The van der Waals surface area contributed by atoms with E-state index in [2.05, 4.69) is 0 Å². The summed E-state index contributed by atoms with van der Waals surface area (Å²) in [4.78, 5) is 11.9. The molecule has 2 atom stereocenters. The van der Waals surface area contributed by atoms with E-state index in [0.717, 1.165) is 11.1 Å². The van der Waals surface area contributed by atoms with Gasteiger partial charge in [0.05, 0.1) is 11.5 Å². The molecule has 3 rings (SSSR count). The fraction of sp³-hybridized carbons (Fsp3) is 0.417. The van der Waals surface area contributed by atoms with Crippen molar-refractivity contribution >= 4 is 52.4 Å². The molecule has 1 aliphatic heterocycles. The summed E-state index contributed by atoms with van der Waals surface area (Å²) in [6, 6.07) is 5.46. The molecule has 1 fully saturated rings. The van der Waals surface area contributed by atoms with Crippen LogP contribution in [0.3, 0.4) is 0 Å². The lowest BCUT2D eigenvalue weighted by Crippen LogP contribution is -2.68. The van der Waals surface area contributed by atoms with Crippen molar-refractivity contribution < 1.29 is 9.53 Å². The normalized spacial score (nSPS) is 30.8. The zero-order valence-electron chi connectivity index (χ0n) is 9.22. The van der Waals surface area contributed by atoms with Crippen LogP contribution in [0.5, 0.6) is 0 Å². The van der Waals surface area contributed by atoms with E-state index in [9.17, 15) is 4.79 Å². The highest BCUT2D eigenvalue weighted by Crippen LogP contribution is 2.67. The molecule has 0 saturated heterocycles. The minimum Gasteiger partial charge on any atom is -0.455 e. The highest BCUT2D eigenvalue weighted by atomic mass is 35.5.